The average molecular weight is 397 g/mol. The minimum atomic E-state index is -2.48. The summed E-state index contributed by atoms with van der Waals surface area (Å²) in [6.45, 7) is 0. The van der Waals surface area contributed by atoms with Gasteiger partial charge in [-0.3, -0.25) is 10.0 Å². The smallest absolute Gasteiger partial charge is 0.462 e. The Morgan fingerprint density at radius 1 is 0.714 bits per heavy atom. The van der Waals surface area contributed by atoms with E-state index >= 15 is 0 Å². The highest BCUT2D eigenvalue weighted by Gasteiger charge is 2.51. The van der Waals surface area contributed by atoms with Crippen LogP contribution in [0.25, 0.3) is 0 Å². The second-order valence-corrected chi connectivity index (χ2v) is 10.4. The lowest BCUT2D eigenvalue weighted by atomic mass is 10.2. The van der Waals surface area contributed by atoms with Gasteiger partial charge in [-0.25, -0.2) is 0 Å². The van der Waals surface area contributed by atoms with Crippen LogP contribution in [0.4, 0.5) is 0 Å². The summed E-state index contributed by atoms with van der Waals surface area (Å²) in [6.07, 6.45) is 1.10. The average Bonchev–Trinajstić information content (AvgIpc) is 2.65. The van der Waals surface area contributed by atoms with Crippen LogP contribution in [0.5, 0.6) is 0 Å². The fourth-order valence-electron chi connectivity index (χ4n) is 2.84. The SMILES string of the molecule is CN(C)/N=C(/O[Si]1(O/C(=N/N(C)C)c2ccccc2)CCC1)c1ccccc1. The van der Waals surface area contributed by atoms with Crippen LogP contribution in [0, 0.1) is 0 Å². The first kappa shape index (κ1) is 19.9. The van der Waals surface area contributed by atoms with Gasteiger partial charge in [0.1, 0.15) is 0 Å². The van der Waals surface area contributed by atoms with Crippen molar-refractivity contribution >= 4 is 20.4 Å². The van der Waals surface area contributed by atoms with E-state index in [1.54, 1.807) is 10.0 Å². The van der Waals surface area contributed by atoms with Gasteiger partial charge in [-0.15, -0.1) is 10.2 Å². The zero-order valence-corrected chi connectivity index (χ0v) is 18.0. The summed E-state index contributed by atoms with van der Waals surface area (Å²) in [5, 5.41) is 12.7. The zero-order chi connectivity index (χ0) is 20.0. The lowest BCUT2D eigenvalue weighted by Crippen LogP contribution is -2.51. The highest BCUT2D eigenvalue weighted by atomic mass is 28.4. The second kappa shape index (κ2) is 8.92. The maximum Gasteiger partial charge on any atom is 0.462 e. The van der Waals surface area contributed by atoms with Crippen LogP contribution in [0.15, 0.2) is 70.9 Å². The van der Waals surface area contributed by atoms with Crippen molar-refractivity contribution in [3.05, 3.63) is 71.8 Å². The molecule has 0 spiro atoms. The molecule has 0 atom stereocenters. The molecule has 1 heterocycles. The Labute approximate surface area is 168 Å². The van der Waals surface area contributed by atoms with Crippen molar-refractivity contribution in [3.63, 3.8) is 0 Å². The predicted octanol–water partition coefficient (Wildman–Crippen LogP) is 3.71. The quantitative estimate of drug-likeness (QED) is 0.323. The Balaban J connectivity index is 1.89. The largest absolute Gasteiger partial charge is 0.496 e. The van der Waals surface area contributed by atoms with E-state index in [2.05, 4.69) is 10.2 Å². The molecule has 0 N–H and O–H groups in total. The Hall–Kier alpha value is -2.80. The second-order valence-electron chi connectivity index (χ2n) is 7.21. The summed E-state index contributed by atoms with van der Waals surface area (Å²) in [7, 11) is 5.09. The van der Waals surface area contributed by atoms with Gasteiger partial charge in [-0.1, -0.05) is 36.4 Å². The normalized spacial score (nSPS) is 16.1. The first-order valence-corrected chi connectivity index (χ1v) is 11.7. The van der Waals surface area contributed by atoms with Gasteiger partial charge < -0.3 is 8.85 Å². The minimum absolute atomic E-state index is 0.606. The van der Waals surface area contributed by atoms with Crippen molar-refractivity contribution in [2.45, 2.75) is 18.5 Å². The number of hydrazone groups is 2. The highest BCUT2D eigenvalue weighted by molar-refractivity contribution is 6.73. The van der Waals surface area contributed by atoms with Crippen LogP contribution in [0.1, 0.15) is 17.5 Å². The summed E-state index contributed by atoms with van der Waals surface area (Å²) in [4.78, 5) is 0. The Morgan fingerprint density at radius 2 is 1.11 bits per heavy atom. The van der Waals surface area contributed by atoms with E-state index in [0.29, 0.717) is 11.8 Å². The summed E-state index contributed by atoms with van der Waals surface area (Å²) in [6, 6.07) is 21.8. The van der Waals surface area contributed by atoms with E-state index in [-0.39, 0.29) is 0 Å². The zero-order valence-electron chi connectivity index (χ0n) is 17.0. The van der Waals surface area contributed by atoms with Gasteiger partial charge in [0.15, 0.2) is 0 Å². The van der Waals surface area contributed by atoms with Crippen LogP contribution in [0.3, 0.4) is 0 Å². The van der Waals surface area contributed by atoms with Crippen molar-refractivity contribution < 1.29 is 8.85 Å². The van der Waals surface area contributed by atoms with Crippen molar-refractivity contribution in [2.24, 2.45) is 10.2 Å². The first-order chi connectivity index (χ1) is 13.5. The Morgan fingerprint density at radius 3 is 1.39 bits per heavy atom. The molecule has 1 saturated heterocycles. The lowest BCUT2D eigenvalue weighted by molar-refractivity contribution is 0.317. The molecule has 1 fully saturated rings. The van der Waals surface area contributed by atoms with Crippen molar-refractivity contribution in [1.29, 1.82) is 0 Å². The number of nitrogens with zero attached hydrogens (tertiary/aromatic N) is 4. The predicted molar refractivity (Wildman–Crippen MR) is 115 cm³/mol. The van der Waals surface area contributed by atoms with E-state index in [1.807, 2.05) is 88.9 Å². The molecule has 3 rings (SSSR count). The molecular formula is C21H28N4O2Si. The molecule has 0 aromatic heterocycles. The molecule has 28 heavy (non-hydrogen) atoms. The molecule has 148 valence electrons. The summed E-state index contributed by atoms with van der Waals surface area (Å²) >= 11 is 0. The van der Waals surface area contributed by atoms with Crippen LogP contribution in [0.2, 0.25) is 12.1 Å². The number of rotatable bonds is 6. The number of benzene rings is 2. The van der Waals surface area contributed by atoms with Crippen LogP contribution >= 0.6 is 0 Å². The molecule has 0 unspecified atom stereocenters. The lowest BCUT2D eigenvalue weighted by Gasteiger charge is -2.38. The minimum Gasteiger partial charge on any atom is -0.496 e. The van der Waals surface area contributed by atoms with E-state index in [1.165, 1.54) is 0 Å². The van der Waals surface area contributed by atoms with Gasteiger partial charge in [0, 0.05) is 51.4 Å². The molecule has 6 nitrogen and oxygen atoms in total. The topological polar surface area (TPSA) is 49.7 Å². The Bertz CT molecular complexity index is 753. The van der Waals surface area contributed by atoms with Crippen molar-refractivity contribution in [1.82, 2.24) is 10.0 Å². The van der Waals surface area contributed by atoms with Gasteiger partial charge in [0.05, 0.1) is 0 Å². The molecule has 0 amide bonds. The third kappa shape index (κ3) is 5.13. The third-order valence-corrected chi connectivity index (χ3v) is 7.67. The van der Waals surface area contributed by atoms with E-state index in [4.69, 9.17) is 8.85 Å². The van der Waals surface area contributed by atoms with Crippen molar-refractivity contribution in [2.75, 3.05) is 28.2 Å². The maximum absolute atomic E-state index is 6.53. The van der Waals surface area contributed by atoms with Gasteiger partial charge in [-0.2, -0.15) is 0 Å². The van der Waals surface area contributed by atoms with Crippen LogP contribution < -0.4 is 0 Å². The van der Waals surface area contributed by atoms with Crippen molar-refractivity contribution in [3.8, 4) is 0 Å². The molecule has 0 aliphatic carbocycles. The molecule has 2 aromatic rings. The third-order valence-electron chi connectivity index (χ3n) is 4.30. The summed E-state index contributed by atoms with van der Waals surface area (Å²) in [5.41, 5.74) is 1.90. The molecule has 0 saturated carbocycles. The maximum atomic E-state index is 6.53. The molecule has 1 aliphatic rings. The van der Waals surface area contributed by atoms with Gasteiger partial charge in [0.2, 0.25) is 11.8 Å². The standard InChI is InChI=1S/C21H28N4O2Si/c1-24(2)22-20(18-12-7-5-8-13-18)26-28(16-11-17-28)27-21(23-25(3)4)19-14-9-6-10-15-19/h5-10,12-15H,11,16-17H2,1-4H3/b22-20+,23-21+. The molecule has 0 radical (unpaired) electrons. The summed E-state index contributed by atoms with van der Waals surface area (Å²) < 4.78 is 13.1. The number of hydrogen-bond acceptors (Lipinski definition) is 6. The molecule has 7 heteroatoms. The van der Waals surface area contributed by atoms with Gasteiger partial charge in [0.25, 0.3) is 0 Å². The van der Waals surface area contributed by atoms with Gasteiger partial charge >= 0.3 is 8.56 Å². The highest BCUT2D eigenvalue weighted by Crippen LogP contribution is 2.36. The monoisotopic (exact) mass is 396 g/mol. The van der Waals surface area contributed by atoms with Crippen LogP contribution in [-0.4, -0.2) is 58.6 Å². The molecular weight excluding hydrogens is 368 g/mol. The summed E-state index contributed by atoms with van der Waals surface area (Å²) in [5.74, 6) is 1.21. The molecule has 1 aliphatic heterocycles. The molecule has 2 aromatic carbocycles. The fraction of sp³-hybridized carbons (Fsp3) is 0.333. The Kier molecular flexibility index (Phi) is 6.36. The molecule has 0 bridgehead atoms. The first-order valence-electron chi connectivity index (χ1n) is 9.48. The van der Waals surface area contributed by atoms with Gasteiger partial charge in [-0.05, 0) is 30.7 Å². The fourth-order valence-corrected chi connectivity index (χ4v) is 5.24. The van der Waals surface area contributed by atoms with E-state index in [0.717, 1.165) is 29.6 Å². The van der Waals surface area contributed by atoms with Crippen LogP contribution in [-0.2, 0) is 8.85 Å². The van der Waals surface area contributed by atoms with E-state index in [9.17, 15) is 0 Å². The number of hydrogen-bond donors (Lipinski definition) is 0. The van der Waals surface area contributed by atoms with E-state index < -0.39 is 8.56 Å².